The quantitative estimate of drug-likeness (QED) is 0.0358. The van der Waals surface area contributed by atoms with E-state index in [0.717, 1.165) is 0 Å². The lowest BCUT2D eigenvalue weighted by Gasteiger charge is -2.50. The maximum absolute atomic E-state index is 12.9. The van der Waals surface area contributed by atoms with E-state index in [1.807, 2.05) is 0 Å². The van der Waals surface area contributed by atoms with Crippen LogP contribution in [0.25, 0.3) is 0 Å². The van der Waals surface area contributed by atoms with Crippen molar-refractivity contribution in [1.29, 1.82) is 0 Å². The summed E-state index contributed by atoms with van der Waals surface area (Å²) in [4.78, 5) is 37.4. The molecule has 6 saturated heterocycles. The van der Waals surface area contributed by atoms with Gasteiger partial charge in [0.15, 0.2) is 68.3 Å². The van der Waals surface area contributed by atoms with E-state index in [0.29, 0.717) is 0 Å². The minimum Gasteiger partial charge on any atom is -0.479 e. The van der Waals surface area contributed by atoms with Crippen molar-refractivity contribution >= 4 is 69.6 Å². The molecule has 49 nitrogen and oxygen atoms in total. The summed E-state index contributed by atoms with van der Waals surface area (Å²) < 4.78 is 241. The predicted octanol–water partition coefficient (Wildman–Crippen LogP) is -16.0. The second-order valence-corrected chi connectivity index (χ2v) is 25.4. The van der Waals surface area contributed by atoms with Crippen LogP contribution in [0.4, 0.5) is 0 Å². The van der Waals surface area contributed by atoms with Gasteiger partial charge in [0.25, 0.3) is 0 Å². The minimum atomic E-state index is -6.07. The number of rotatable bonds is 26. The lowest BCUT2D eigenvalue weighted by molar-refractivity contribution is -0.376. The van der Waals surface area contributed by atoms with Crippen LogP contribution < -0.4 is 14.2 Å². The molecule has 0 spiro atoms. The highest BCUT2D eigenvalue weighted by atomic mass is 32.3. The molecule has 54 heteroatoms. The van der Waals surface area contributed by atoms with Crippen molar-refractivity contribution in [3.05, 3.63) is 0 Å². The van der Waals surface area contributed by atoms with Crippen LogP contribution in [0.15, 0.2) is 0 Å². The van der Waals surface area contributed by atoms with E-state index in [-0.39, 0.29) is 0 Å². The van der Waals surface area contributed by atoms with E-state index in [4.69, 9.17) is 52.1 Å². The van der Waals surface area contributed by atoms with E-state index >= 15 is 0 Å². The lowest BCUT2D eigenvalue weighted by atomic mass is 9.94. The molecule has 6 aliphatic heterocycles. The average Bonchev–Trinajstić information content (AvgIpc) is 0.784. The summed E-state index contributed by atoms with van der Waals surface area (Å²) in [5.41, 5.74) is 0. The normalized spacial score (nSPS) is 43.5. The van der Waals surface area contributed by atoms with Gasteiger partial charge in [0, 0.05) is 0 Å². The van der Waals surface area contributed by atoms with Gasteiger partial charge in [0.05, 0.1) is 19.8 Å². The van der Waals surface area contributed by atoms with Crippen molar-refractivity contribution in [3.8, 4) is 0 Å². The maximum Gasteiger partial charge on any atom is 0.397 e. The highest BCUT2D eigenvalue weighted by molar-refractivity contribution is 7.84. The molecule has 0 unspecified atom stereocenters. The topological polar surface area (TPSA) is 783 Å². The van der Waals surface area contributed by atoms with Gasteiger partial charge in [-0.2, -0.15) is 56.3 Å². The number of nitrogens with one attached hydrogen (secondary N) is 3. The molecule has 0 aromatic carbocycles. The zero-order chi connectivity index (χ0) is 68.0. The van der Waals surface area contributed by atoms with Gasteiger partial charge in [-0.3, -0.25) is 22.8 Å². The Morgan fingerprint density at radius 2 is 0.633 bits per heavy atom. The average molecular weight is 1430 g/mol. The van der Waals surface area contributed by atoms with Crippen LogP contribution in [-0.4, -0.2) is 363 Å². The summed E-state index contributed by atoms with van der Waals surface area (Å²) in [5.74, 6) is -6.65. The highest BCUT2D eigenvalue weighted by Gasteiger charge is 2.61. The minimum absolute atomic E-state index is 1.27. The molecule has 0 saturated carbocycles. The Bertz CT molecular complexity index is 3080. The summed E-state index contributed by atoms with van der Waals surface area (Å²) in [6, 6.07) is -7.86. The molecule has 6 heterocycles. The van der Waals surface area contributed by atoms with Crippen molar-refractivity contribution < 1.29 is 216 Å². The fourth-order valence-corrected chi connectivity index (χ4v) is 12.6. The molecule has 0 aliphatic carbocycles. The summed E-state index contributed by atoms with van der Waals surface area (Å²) in [7, 11) is -28.9. The Kier molecular flexibility index (Phi) is 24.8. The van der Waals surface area contributed by atoms with Crippen molar-refractivity contribution in [2.24, 2.45) is 0 Å². The summed E-state index contributed by atoms with van der Waals surface area (Å²) >= 11 is 0. The largest absolute Gasteiger partial charge is 0.479 e. The number of aliphatic hydroxyl groups is 12. The number of carboxylic acid groups (broad SMARTS) is 3. The van der Waals surface area contributed by atoms with Gasteiger partial charge in [0.2, 0.25) is 0 Å². The summed E-state index contributed by atoms with van der Waals surface area (Å²) in [6.07, 6.45) is -72.0. The first-order valence-electron chi connectivity index (χ1n) is 24.7. The van der Waals surface area contributed by atoms with Gasteiger partial charge in [-0.15, -0.1) is 0 Å². The zero-order valence-electron chi connectivity index (χ0n) is 44.0. The van der Waals surface area contributed by atoms with Gasteiger partial charge in [0.1, 0.15) is 116 Å². The van der Waals surface area contributed by atoms with Crippen LogP contribution in [0.3, 0.4) is 0 Å². The van der Waals surface area contributed by atoms with Crippen molar-refractivity contribution in [1.82, 2.24) is 14.2 Å². The molecule has 30 atom stereocenters. The molecule has 524 valence electrons. The fraction of sp³-hybridized carbons (Fsp3) is 0.917. The van der Waals surface area contributed by atoms with Gasteiger partial charge < -0.3 is 129 Å². The van der Waals surface area contributed by atoms with Crippen LogP contribution in [0, 0.1) is 0 Å². The van der Waals surface area contributed by atoms with Crippen LogP contribution in [0.2, 0.25) is 0 Å². The fourth-order valence-electron chi connectivity index (χ4n) is 9.84. The zero-order valence-corrected chi connectivity index (χ0v) is 48.1. The van der Waals surface area contributed by atoms with Gasteiger partial charge in [-0.05, 0) is 0 Å². The number of aliphatic hydroxyl groups excluding tert-OH is 12. The third-order valence-corrected chi connectivity index (χ3v) is 16.3. The van der Waals surface area contributed by atoms with Gasteiger partial charge in [-0.1, -0.05) is 0 Å². The molecule has 23 N–H and O–H groups in total. The molecule has 0 aromatic rings. The number of hydrogen-bond acceptors (Lipinski definition) is 38. The van der Waals surface area contributed by atoms with E-state index < -0.39 is 273 Å². The third-order valence-electron chi connectivity index (χ3n) is 13.7. The molecule has 6 fully saturated rings. The Balaban J connectivity index is 1.31. The summed E-state index contributed by atoms with van der Waals surface area (Å²) in [6.45, 7) is -4.37. The van der Waals surface area contributed by atoms with E-state index in [2.05, 4.69) is 8.37 Å². The first-order valence-corrected chi connectivity index (χ1v) is 31.7. The Morgan fingerprint density at radius 1 is 0.333 bits per heavy atom. The number of ether oxygens (including phenoxy) is 11. The Labute approximate surface area is 502 Å². The molecule has 6 rings (SSSR count). The highest BCUT2D eigenvalue weighted by Crippen LogP contribution is 2.39. The molecule has 0 aromatic heterocycles. The van der Waals surface area contributed by atoms with E-state index in [1.165, 1.54) is 14.2 Å². The van der Waals surface area contributed by atoms with Crippen molar-refractivity contribution in [3.63, 3.8) is 0 Å². The number of aliphatic carboxylic acids is 3. The molecular formula is C36H59N3O46S5. The van der Waals surface area contributed by atoms with Crippen LogP contribution in [0.5, 0.6) is 0 Å². The monoisotopic (exact) mass is 1430 g/mol. The number of hydrogen-bond donors (Lipinski definition) is 23. The lowest BCUT2D eigenvalue weighted by Crippen LogP contribution is -2.71. The predicted molar refractivity (Wildman–Crippen MR) is 259 cm³/mol. The SMILES string of the molecule is O=C(O)[C@H]1O[C@@H](O[C@H]2[C@H](O)[C@@H](NS(=O)(=O)O)[C@@H](O[C@H]3[C@H](O)[C@@H](OS(=O)(=O)O)[C@H](O[C@H]4[C@H](O)[C@@H](NS(=O)(=O)O)[C@@H](O[C@H]5[C@H](O)[C@@H](OS(=O)(=O)O)[C@H](O[C@H]6[C@H](O)[C@@H](NS(=O)(=O)O)[C@@H](O)O[C@@H]6CO)O[C@H]5C(=O)O)O[C@@H]4CO)O[C@H]3C(=O)O)O[C@@H]2CO)[C@H](O)[C@@H](O)[C@@H]1O. The third kappa shape index (κ3) is 18.4. The first kappa shape index (κ1) is 75.9. The first-order chi connectivity index (χ1) is 41.3. The van der Waals surface area contributed by atoms with Crippen LogP contribution >= 0.6 is 0 Å². The van der Waals surface area contributed by atoms with Crippen molar-refractivity contribution in [2.75, 3.05) is 19.8 Å². The number of carboxylic acids is 3. The Hall–Kier alpha value is -3.16. The molecule has 0 bridgehead atoms. The van der Waals surface area contributed by atoms with E-state index in [9.17, 15) is 156 Å². The molecule has 0 radical (unpaired) electrons. The maximum atomic E-state index is 12.9. The van der Waals surface area contributed by atoms with Crippen LogP contribution in [0.1, 0.15) is 0 Å². The second kappa shape index (κ2) is 29.5. The molecule has 6 aliphatic rings. The Morgan fingerprint density at radius 3 is 0.956 bits per heavy atom. The smallest absolute Gasteiger partial charge is 0.397 e. The van der Waals surface area contributed by atoms with E-state index in [1.54, 1.807) is 0 Å². The van der Waals surface area contributed by atoms with Crippen LogP contribution in [-0.2, 0) is 127 Å². The molecule has 90 heavy (non-hydrogen) atoms. The molecule has 0 amide bonds. The standard InChI is InChI=1S/C36H59N3O46S5/c40-1-4-18(10(43)7(31(57)73-4)37-86(58,59)60)77-35-24(84-89(67,68)69)16(49)21(26(82-35)29(53)54)80-33-9(39-88(64,65)66)12(45)20(6(3-42)75-33)78-36-25(85-90(70,71)72)17(50)22(27(83-36)30(55)56)79-32-8(38-87(61,62)63)11(44)19(5(2-41)74-32)76-34-15(48)13(46)14(47)23(81-34)28(51)52/h4-27,31-50,57H,1-3H2,(H,51,52)(H,53,54)(H,55,56)(H,58,59,60)(H,61,62,63)(H,64,65,66)(H,67,68,69)(H,70,71,72)/t4-,5-,6-,7-,8-,9-,10-,11-,12-,13+,14+,15-,16+,17+,18-,19-,20-,21+,22+,23+,24-,25-,26-,27-,31+,32-,33-,34-,35-,36-/m1/s1. The molecular weight excluding hydrogens is 1370 g/mol. The van der Waals surface area contributed by atoms with Gasteiger partial charge in [-0.25, -0.2) is 22.7 Å². The van der Waals surface area contributed by atoms with Crippen molar-refractivity contribution in [2.45, 2.75) is 184 Å². The van der Waals surface area contributed by atoms with Gasteiger partial charge >= 0.3 is 69.6 Å². The summed E-state index contributed by atoms with van der Waals surface area (Å²) in [5, 5.41) is 159. The number of carbonyl (C=O) groups is 3. The second-order valence-electron chi connectivity index (χ2n) is 19.8.